The number of hydrogen-bond donors (Lipinski definition) is 1. The zero-order valence-electron chi connectivity index (χ0n) is 5.54. The van der Waals surface area contributed by atoms with E-state index in [1.807, 2.05) is 0 Å². The van der Waals surface area contributed by atoms with Crippen molar-refractivity contribution in [3.63, 3.8) is 0 Å². The Morgan fingerprint density at radius 3 is 3.00 bits per heavy atom. The molecule has 1 unspecified atom stereocenters. The first-order valence-electron chi connectivity index (χ1n) is 2.84. The number of alkyl halides is 1. The van der Waals surface area contributed by atoms with Crippen LogP contribution < -0.4 is 5.73 Å². The molecule has 0 aromatic heterocycles. The number of amides is 2. The maximum atomic E-state index is 12.6. The fraction of sp³-hybridized carbons (Fsp3) is 0.600. The lowest BCUT2D eigenvalue weighted by atomic mass is 10.3. The van der Waals surface area contributed by atoms with Gasteiger partial charge in [-0.2, -0.15) is 4.99 Å². The summed E-state index contributed by atoms with van der Waals surface area (Å²) in [6.07, 6.45) is -1.30. The zero-order valence-corrected chi connectivity index (χ0v) is 5.54. The van der Waals surface area contributed by atoms with E-state index in [0.717, 1.165) is 0 Å². The van der Waals surface area contributed by atoms with E-state index >= 15 is 0 Å². The van der Waals surface area contributed by atoms with Crippen LogP contribution in [-0.4, -0.2) is 36.5 Å². The van der Waals surface area contributed by atoms with Crippen molar-refractivity contribution >= 4 is 11.9 Å². The van der Waals surface area contributed by atoms with Gasteiger partial charge in [-0.05, 0) is 0 Å². The van der Waals surface area contributed by atoms with Crippen molar-refractivity contribution in [1.82, 2.24) is 4.90 Å². The highest BCUT2D eigenvalue weighted by Crippen LogP contribution is 2.03. The standard InChI is InChI=1S/C5H8FN3O/c1-9-2-3(6)4(7)8-5(9)10/h3H,2H2,1H3,(H2,7,8,10). The first-order valence-corrected chi connectivity index (χ1v) is 2.84. The minimum absolute atomic E-state index is 0.00810. The van der Waals surface area contributed by atoms with Crippen molar-refractivity contribution in [1.29, 1.82) is 0 Å². The number of carbonyl (C=O) groups excluding carboxylic acids is 1. The van der Waals surface area contributed by atoms with Gasteiger partial charge in [-0.3, -0.25) is 0 Å². The van der Waals surface area contributed by atoms with Crippen LogP contribution in [0.3, 0.4) is 0 Å². The molecular formula is C5H8FN3O. The van der Waals surface area contributed by atoms with Crippen LogP contribution in [0.5, 0.6) is 0 Å². The number of rotatable bonds is 0. The Bertz CT molecular complexity index is 191. The normalized spacial score (nSPS) is 26.6. The minimum Gasteiger partial charge on any atom is -0.384 e. The number of amidine groups is 1. The highest BCUT2D eigenvalue weighted by molar-refractivity contribution is 5.97. The maximum absolute atomic E-state index is 12.6. The van der Waals surface area contributed by atoms with Crippen LogP contribution >= 0.6 is 0 Å². The molecule has 1 aliphatic heterocycles. The van der Waals surface area contributed by atoms with Crippen molar-refractivity contribution in [3.8, 4) is 0 Å². The molecule has 0 fully saturated rings. The number of nitrogens with two attached hydrogens (primary N) is 1. The van der Waals surface area contributed by atoms with Gasteiger partial charge in [-0.1, -0.05) is 0 Å². The van der Waals surface area contributed by atoms with E-state index in [9.17, 15) is 9.18 Å². The van der Waals surface area contributed by atoms with E-state index in [1.165, 1.54) is 11.9 Å². The van der Waals surface area contributed by atoms with E-state index < -0.39 is 12.2 Å². The maximum Gasteiger partial charge on any atom is 0.345 e. The average Bonchev–Trinajstić information content (AvgIpc) is 1.84. The summed E-state index contributed by atoms with van der Waals surface area (Å²) in [7, 11) is 1.48. The van der Waals surface area contributed by atoms with Crippen molar-refractivity contribution in [3.05, 3.63) is 0 Å². The second kappa shape index (κ2) is 2.24. The van der Waals surface area contributed by atoms with Crippen LogP contribution in [0.4, 0.5) is 9.18 Å². The third kappa shape index (κ3) is 1.07. The average molecular weight is 145 g/mol. The van der Waals surface area contributed by atoms with Crippen molar-refractivity contribution in [2.45, 2.75) is 6.17 Å². The lowest BCUT2D eigenvalue weighted by molar-refractivity contribution is 0.203. The first kappa shape index (κ1) is 6.98. The Morgan fingerprint density at radius 1 is 1.90 bits per heavy atom. The predicted octanol–water partition coefficient (Wildman–Crippen LogP) is -0.253. The largest absolute Gasteiger partial charge is 0.384 e. The van der Waals surface area contributed by atoms with Gasteiger partial charge in [0, 0.05) is 7.05 Å². The SMILES string of the molecule is CN1CC(F)C(N)=NC1=O. The van der Waals surface area contributed by atoms with Gasteiger partial charge in [0.05, 0.1) is 6.54 Å². The Hall–Kier alpha value is -1.13. The van der Waals surface area contributed by atoms with Crippen LogP contribution in [0.1, 0.15) is 0 Å². The molecule has 56 valence electrons. The summed E-state index contributed by atoms with van der Waals surface area (Å²) in [5, 5.41) is 0. The molecule has 2 N–H and O–H groups in total. The Labute approximate surface area is 57.5 Å². The number of nitrogens with zero attached hydrogens (tertiary/aromatic N) is 2. The van der Waals surface area contributed by atoms with Crippen LogP contribution in [0.25, 0.3) is 0 Å². The van der Waals surface area contributed by atoms with Gasteiger partial charge >= 0.3 is 6.03 Å². The number of hydrogen-bond acceptors (Lipinski definition) is 2. The van der Waals surface area contributed by atoms with E-state index in [2.05, 4.69) is 4.99 Å². The van der Waals surface area contributed by atoms with Gasteiger partial charge in [0.2, 0.25) is 0 Å². The first-order chi connectivity index (χ1) is 4.61. The minimum atomic E-state index is -1.30. The highest BCUT2D eigenvalue weighted by atomic mass is 19.1. The van der Waals surface area contributed by atoms with Crippen LogP contribution in [-0.2, 0) is 0 Å². The fourth-order valence-electron chi connectivity index (χ4n) is 0.678. The molecule has 0 aromatic carbocycles. The van der Waals surface area contributed by atoms with E-state index in [0.29, 0.717) is 0 Å². The number of aliphatic imine (C=N–C) groups is 1. The molecule has 1 aliphatic rings. The molecule has 1 atom stereocenters. The fourth-order valence-corrected chi connectivity index (χ4v) is 0.678. The van der Waals surface area contributed by atoms with Crippen molar-refractivity contribution in [2.75, 3.05) is 13.6 Å². The molecule has 0 saturated carbocycles. The Morgan fingerprint density at radius 2 is 2.50 bits per heavy atom. The van der Waals surface area contributed by atoms with Crippen LogP contribution in [0.15, 0.2) is 4.99 Å². The van der Waals surface area contributed by atoms with Gasteiger partial charge in [0.15, 0.2) is 6.17 Å². The smallest absolute Gasteiger partial charge is 0.345 e. The van der Waals surface area contributed by atoms with Crippen molar-refractivity contribution < 1.29 is 9.18 Å². The van der Waals surface area contributed by atoms with E-state index in [1.54, 1.807) is 0 Å². The molecule has 2 amide bonds. The summed E-state index contributed by atoms with van der Waals surface area (Å²) >= 11 is 0. The summed E-state index contributed by atoms with van der Waals surface area (Å²) in [4.78, 5) is 15.1. The van der Waals surface area contributed by atoms with Crippen molar-refractivity contribution in [2.24, 2.45) is 10.7 Å². The molecule has 5 heteroatoms. The summed E-state index contributed by atoms with van der Waals surface area (Å²) < 4.78 is 12.6. The molecule has 1 rings (SSSR count). The molecule has 0 aromatic rings. The Balaban J connectivity index is 2.79. The monoisotopic (exact) mass is 145 g/mol. The number of carbonyl (C=O) groups is 1. The predicted molar refractivity (Wildman–Crippen MR) is 34.5 cm³/mol. The topological polar surface area (TPSA) is 58.7 Å². The third-order valence-corrected chi connectivity index (χ3v) is 1.31. The molecule has 0 aliphatic carbocycles. The highest BCUT2D eigenvalue weighted by Gasteiger charge is 2.23. The summed E-state index contributed by atoms with van der Waals surface area (Å²) in [5.74, 6) is -0.219. The molecule has 0 saturated heterocycles. The molecular weight excluding hydrogens is 137 g/mol. The molecule has 1 heterocycles. The van der Waals surface area contributed by atoms with E-state index in [-0.39, 0.29) is 12.4 Å². The lowest BCUT2D eigenvalue weighted by Crippen LogP contribution is -2.43. The van der Waals surface area contributed by atoms with Gasteiger partial charge in [-0.25, -0.2) is 9.18 Å². The van der Waals surface area contributed by atoms with Gasteiger partial charge in [0.1, 0.15) is 5.84 Å². The molecule has 0 bridgehead atoms. The lowest BCUT2D eigenvalue weighted by Gasteiger charge is -2.21. The molecule has 0 radical (unpaired) electrons. The summed E-state index contributed by atoms with van der Waals surface area (Å²) in [6.45, 7) is 0.00810. The van der Waals surface area contributed by atoms with Gasteiger partial charge < -0.3 is 10.6 Å². The zero-order chi connectivity index (χ0) is 7.72. The summed E-state index contributed by atoms with van der Waals surface area (Å²) in [5.41, 5.74) is 5.06. The number of halogens is 1. The molecule has 0 spiro atoms. The quantitative estimate of drug-likeness (QED) is 0.510. The second-order valence-corrected chi connectivity index (χ2v) is 2.17. The second-order valence-electron chi connectivity index (χ2n) is 2.17. The Kier molecular flexibility index (Phi) is 1.57. The van der Waals surface area contributed by atoms with Crippen LogP contribution in [0, 0.1) is 0 Å². The third-order valence-electron chi connectivity index (χ3n) is 1.31. The van der Waals surface area contributed by atoms with Crippen LogP contribution in [0.2, 0.25) is 0 Å². The van der Waals surface area contributed by atoms with E-state index in [4.69, 9.17) is 5.73 Å². The summed E-state index contributed by atoms with van der Waals surface area (Å²) in [6, 6.07) is -0.480. The molecule has 4 nitrogen and oxygen atoms in total. The van der Waals surface area contributed by atoms with Gasteiger partial charge in [-0.15, -0.1) is 0 Å². The number of urea groups is 1. The molecule has 10 heavy (non-hydrogen) atoms. The van der Waals surface area contributed by atoms with Gasteiger partial charge in [0.25, 0.3) is 0 Å².